The molecule has 3 rings (SSSR count). The number of hydrogen-bond acceptors (Lipinski definition) is 3. The van der Waals surface area contributed by atoms with Gasteiger partial charge in [-0.15, -0.1) is 6.58 Å². The third kappa shape index (κ3) is 6.62. The molecule has 3 nitrogen and oxygen atoms in total. The predicted octanol–water partition coefficient (Wildman–Crippen LogP) is 6.70. The summed E-state index contributed by atoms with van der Waals surface area (Å²) in [6.07, 6.45) is 6.59. The molecule has 5 heteroatoms. The minimum atomic E-state index is -0.913. The molecular formula is C26H32F2O3. The van der Waals surface area contributed by atoms with E-state index in [1.807, 2.05) is 13.0 Å². The van der Waals surface area contributed by atoms with Crippen LogP contribution in [0, 0.1) is 11.6 Å². The number of unbranched alkanes of at least 4 members (excludes halogenated alkanes) is 1. The lowest BCUT2D eigenvalue weighted by Gasteiger charge is -2.29. The first-order chi connectivity index (χ1) is 15.1. The number of aryl methyl sites for hydroxylation is 1. The van der Waals surface area contributed by atoms with Crippen molar-refractivity contribution in [1.29, 1.82) is 0 Å². The van der Waals surface area contributed by atoms with E-state index in [1.165, 1.54) is 11.6 Å². The summed E-state index contributed by atoms with van der Waals surface area (Å²) in [5.41, 5.74) is 2.70. The van der Waals surface area contributed by atoms with Crippen LogP contribution in [0.4, 0.5) is 8.78 Å². The molecule has 31 heavy (non-hydrogen) atoms. The fourth-order valence-corrected chi connectivity index (χ4v) is 3.66. The van der Waals surface area contributed by atoms with Crippen molar-refractivity contribution in [2.24, 2.45) is 0 Å². The van der Waals surface area contributed by atoms with Crippen molar-refractivity contribution in [2.45, 2.75) is 64.3 Å². The van der Waals surface area contributed by atoms with Gasteiger partial charge in [-0.05, 0) is 54.9 Å². The van der Waals surface area contributed by atoms with Gasteiger partial charge in [0.2, 0.25) is 5.82 Å². The second-order valence-electron chi connectivity index (χ2n) is 7.97. The second-order valence-corrected chi connectivity index (χ2v) is 7.97. The van der Waals surface area contributed by atoms with E-state index in [2.05, 4.69) is 30.8 Å². The van der Waals surface area contributed by atoms with Crippen molar-refractivity contribution in [3.05, 3.63) is 77.4 Å². The molecule has 1 aliphatic rings. The fourth-order valence-electron chi connectivity index (χ4n) is 3.66. The molecule has 0 spiro atoms. The maximum absolute atomic E-state index is 14.6. The number of hydrogen-bond donors (Lipinski definition) is 0. The van der Waals surface area contributed by atoms with Crippen LogP contribution in [0.15, 0.2) is 49.1 Å². The minimum Gasteiger partial charge on any atom is -0.490 e. The van der Waals surface area contributed by atoms with E-state index in [9.17, 15) is 8.78 Å². The van der Waals surface area contributed by atoms with E-state index in [4.69, 9.17) is 14.2 Å². The Balaban J connectivity index is 1.48. The van der Waals surface area contributed by atoms with Gasteiger partial charge >= 0.3 is 0 Å². The highest BCUT2D eigenvalue weighted by molar-refractivity contribution is 5.33. The predicted molar refractivity (Wildman–Crippen MR) is 118 cm³/mol. The SMILES string of the molecule is C=CCCc1ccc(COC2CCC(c3ccc(OCCCC)c(F)c3F)CO2)cc1. The summed E-state index contributed by atoms with van der Waals surface area (Å²) in [6, 6.07) is 11.5. The van der Waals surface area contributed by atoms with Gasteiger partial charge in [0, 0.05) is 5.92 Å². The zero-order valence-electron chi connectivity index (χ0n) is 18.2. The van der Waals surface area contributed by atoms with Crippen LogP contribution in [0.5, 0.6) is 5.75 Å². The van der Waals surface area contributed by atoms with Gasteiger partial charge in [0.15, 0.2) is 17.9 Å². The van der Waals surface area contributed by atoms with Crippen molar-refractivity contribution in [1.82, 2.24) is 0 Å². The maximum Gasteiger partial charge on any atom is 0.200 e. The highest BCUT2D eigenvalue weighted by Crippen LogP contribution is 2.34. The summed E-state index contributed by atoms with van der Waals surface area (Å²) in [5.74, 6) is -1.96. The second kappa shape index (κ2) is 12.0. The Labute approximate surface area is 184 Å². The molecule has 0 bridgehead atoms. The van der Waals surface area contributed by atoms with Crippen LogP contribution in [0.2, 0.25) is 0 Å². The number of benzene rings is 2. The molecule has 1 fully saturated rings. The summed E-state index contributed by atoms with van der Waals surface area (Å²) in [6.45, 7) is 6.91. The highest BCUT2D eigenvalue weighted by atomic mass is 19.2. The van der Waals surface area contributed by atoms with Crippen LogP contribution in [-0.2, 0) is 22.5 Å². The van der Waals surface area contributed by atoms with Crippen LogP contribution >= 0.6 is 0 Å². The smallest absolute Gasteiger partial charge is 0.200 e. The van der Waals surface area contributed by atoms with E-state index in [0.29, 0.717) is 38.2 Å². The molecule has 0 saturated carbocycles. The number of rotatable bonds is 11. The van der Waals surface area contributed by atoms with Crippen LogP contribution < -0.4 is 4.74 Å². The minimum absolute atomic E-state index is 0.0249. The summed E-state index contributed by atoms with van der Waals surface area (Å²) in [7, 11) is 0. The van der Waals surface area contributed by atoms with Crippen molar-refractivity contribution >= 4 is 0 Å². The Morgan fingerprint density at radius 3 is 2.52 bits per heavy atom. The third-order valence-corrected chi connectivity index (χ3v) is 5.60. The third-order valence-electron chi connectivity index (χ3n) is 5.60. The molecule has 0 N–H and O–H groups in total. The van der Waals surface area contributed by atoms with Crippen molar-refractivity contribution in [2.75, 3.05) is 13.2 Å². The molecular weight excluding hydrogens is 398 g/mol. The molecule has 0 aliphatic carbocycles. The van der Waals surface area contributed by atoms with Gasteiger partial charge in [-0.3, -0.25) is 0 Å². The average Bonchev–Trinajstić information content (AvgIpc) is 2.80. The normalized spacial score (nSPS) is 18.7. The summed E-state index contributed by atoms with van der Waals surface area (Å²) < 4.78 is 46.0. The first kappa shape index (κ1) is 23.4. The standard InChI is InChI=1S/C26H32F2O3/c1-3-5-7-19-8-10-20(11-9-19)17-30-24-15-12-21(18-31-24)22-13-14-23(26(28)25(22)27)29-16-6-4-2/h3,8-11,13-14,21,24H,1,4-7,12,15-18H2,2H3. The van der Waals surface area contributed by atoms with E-state index in [0.717, 1.165) is 31.2 Å². The number of allylic oxidation sites excluding steroid dienone is 1. The Morgan fingerprint density at radius 2 is 1.84 bits per heavy atom. The largest absolute Gasteiger partial charge is 0.490 e. The molecule has 0 radical (unpaired) electrons. The zero-order chi connectivity index (χ0) is 22.1. The quantitative estimate of drug-likeness (QED) is 0.293. The Kier molecular flexibility index (Phi) is 9.04. The topological polar surface area (TPSA) is 27.7 Å². The molecule has 1 aliphatic heterocycles. The van der Waals surface area contributed by atoms with Crippen LogP contribution in [0.1, 0.15) is 61.6 Å². The summed E-state index contributed by atoms with van der Waals surface area (Å²) in [5, 5.41) is 0. The fraction of sp³-hybridized carbons (Fsp3) is 0.462. The van der Waals surface area contributed by atoms with Crippen LogP contribution in [0.3, 0.4) is 0 Å². The Morgan fingerprint density at radius 1 is 1.06 bits per heavy atom. The first-order valence-electron chi connectivity index (χ1n) is 11.1. The Bertz CT molecular complexity index is 827. The zero-order valence-corrected chi connectivity index (χ0v) is 18.2. The van der Waals surface area contributed by atoms with Crippen LogP contribution in [-0.4, -0.2) is 19.5 Å². The monoisotopic (exact) mass is 430 g/mol. The van der Waals surface area contributed by atoms with Crippen LogP contribution in [0.25, 0.3) is 0 Å². The summed E-state index contributed by atoms with van der Waals surface area (Å²) in [4.78, 5) is 0. The van der Waals surface area contributed by atoms with E-state index < -0.39 is 11.6 Å². The van der Waals surface area contributed by atoms with Crippen molar-refractivity contribution in [3.8, 4) is 5.75 Å². The van der Waals surface area contributed by atoms with Gasteiger partial charge in [-0.25, -0.2) is 4.39 Å². The highest BCUT2D eigenvalue weighted by Gasteiger charge is 2.27. The molecule has 1 heterocycles. The molecule has 1 saturated heterocycles. The van der Waals surface area contributed by atoms with Gasteiger partial charge in [-0.2, -0.15) is 4.39 Å². The van der Waals surface area contributed by atoms with E-state index >= 15 is 0 Å². The van der Waals surface area contributed by atoms with Gasteiger partial charge in [0.25, 0.3) is 0 Å². The molecule has 2 atom stereocenters. The number of halogens is 2. The molecule has 2 unspecified atom stereocenters. The Hall–Kier alpha value is -2.24. The lowest BCUT2D eigenvalue weighted by Crippen LogP contribution is -2.27. The molecule has 2 aromatic rings. The molecule has 168 valence electrons. The van der Waals surface area contributed by atoms with Gasteiger partial charge in [0.1, 0.15) is 0 Å². The van der Waals surface area contributed by atoms with Crippen molar-refractivity contribution < 1.29 is 23.0 Å². The van der Waals surface area contributed by atoms with Gasteiger partial charge in [0.05, 0.1) is 19.8 Å². The van der Waals surface area contributed by atoms with Gasteiger partial charge < -0.3 is 14.2 Å². The summed E-state index contributed by atoms with van der Waals surface area (Å²) >= 11 is 0. The van der Waals surface area contributed by atoms with E-state index in [1.54, 1.807) is 6.07 Å². The molecule has 2 aromatic carbocycles. The lowest BCUT2D eigenvalue weighted by molar-refractivity contribution is -0.173. The first-order valence-corrected chi connectivity index (χ1v) is 11.1. The average molecular weight is 431 g/mol. The lowest BCUT2D eigenvalue weighted by atomic mass is 9.92. The maximum atomic E-state index is 14.6. The van der Waals surface area contributed by atoms with E-state index in [-0.39, 0.29) is 18.0 Å². The van der Waals surface area contributed by atoms with Crippen molar-refractivity contribution in [3.63, 3.8) is 0 Å². The van der Waals surface area contributed by atoms with Gasteiger partial charge in [-0.1, -0.05) is 49.8 Å². The number of ether oxygens (including phenoxy) is 3. The molecule has 0 aromatic heterocycles. The molecule has 0 amide bonds.